The van der Waals surface area contributed by atoms with Crippen molar-refractivity contribution in [3.63, 3.8) is 0 Å². The summed E-state index contributed by atoms with van der Waals surface area (Å²) in [5.41, 5.74) is -5.72. The zero-order valence-corrected chi connectivity index (χ0v) is 10.5. The Hall–Kier alpha value is -0.810. The Morgan fingerprint density at radius 2 is 1.71 bits per heavy atom. The number of halogens is 3. The number of hydrogen-bond acceptors (Lipinski definition) is 5. The molecule has 0 aromatic carbocycles. The van der Waals surface area contributed by atoms with Crippen LogP contribution >= 0.6 is 0 Å². The van der Waals surface area contributed by atoms with Crippen molar-refractivity contribution in [1.82, 2.24) is 3.71 Å². The summed E-state index contributed by atoms with van der Waals surface area (Å²) >= 11 is 0. The van der Waals surface area contributed by atoms with Gasteiger partial charge in [0.15, 0.2) is 0 Å². The van der Waals surface area contributed by atoms with Crippen LogP contribution in [0.4, 0.5) is 13.2 Å². The van der Waals surface area contributed by atoms with Crippen molar-refractivity contribution in [2.45, 2.75) is 5.51 Å². The molecule has 0 aliphatic rings. The lowest BCUT2D eigenvalue weighted by Gasteiger charge is -2.21. The molecule has 102 valence electrons. The lowest BCUT2D eigenvalue weighted by atomic mass is 10.6. The van der Waals surface area contributed by atoms with Crippen LogP contribution in [0, 0.1) is 0 Å². The Balaban J connectivity index is 5.62. The van der Waals surface area contributed by atoms with E-state index in [1.165, 1.54) is 0 Å². The van der Waals surface area contributed by atoms with Crippen LogP contribution in [0.2, 0.25) is 0 Å². The molecule has 0 aliphatic heterocycles. The summed E-state index contributed by atoms with van der Waals surface area (Å²) in [5.74, 6) is -0.441. The Morgan fingerprint density at radius 3 is 1.94 bits per heavy atom. The largest absolute Gasteiger partial charge is 0.512 e. The predicted octanol–water partition coefficient (Wildman–Crippen LogP) is 0.258. The lowest BCUT2D eigenvalue weighted by Crippen LogP contribution is -2.44. The summed E-state index contributed by atoms with van der Waals surface area (Å²) in [5, 5.41) is 0. The highest BCUT2D eigenvalue weighted by molar-refractivity contribution is 8.04. The number of methoxy groups -OCH3 is 1. The fourth-order valence-corrected chi connectivity index (χ4v) is 3.31. The zero-order chi connectivity index (χ0) is 14.1. The topological polar surface area (TPSA) is 80.8 Å². The second-order valence-corrected chi connectivity index (χ2v) is 6.88. The van der Waals surface area contributed by atoms with Crippen molar-refractivity contribution in [1.29, 1.82) is 0 Å². The van der Waals surface area contributed by atoms with Gasteiger partial charge >= 0.3 is 15.5 Å². The lowest BCUT2D eigenvalue weighted by molar-refractivity contribution is -0.0469. The average Bonchev–Trinajstić information content (AvgIpc) is 2.09. The summed E-state index contributed by atoms with van der Waals surface area (Å²) < 4.78 is 84.2. The monoisotopic (exact) mass is 297 g/mol. The first-order valence-corrected chi connectivity index (χ1v) is 7.14. The molecule has 0 atom stereocenters. The molecule has 6 nitrogen and oxygen atoms in total. The van der Waals surface area contributed by atoms with Gasteiger partial charge in [-0.15, -0.1) is 0 Å². The SMILES string of the molecule is C=C(CN(S(C)(=O)=O)S(=O)(=O)C(F)(F)F)OC. The predicted molar refractivity (Wildman–Crippen MR) is 52.7 cm³/mol. The Kier molecular flexibility index (Phi) is 4.59. The maximum Gasteiger partial charge on any atom is 0.512 e. The van der Waals surface area contributed by atoms with E-state index in [2.05, 4.69) is 11.3 Å². The highest BCUT2D eigenvalue weighted by Gasteiger charge is 2.53. The molecule has 0 unspecified atom stereocenters. The van der Waals surface area contributed by atoms with Crippen LogP contribution in [0.1, 0.15) is 0 Å². The van der Waals surface area contributed by atoms with Crippen molar-refractivity contribution >= 4 is 20.0 Å². The molecule has 0 spiro atoms. The van der Waals surface area contributed by atoms with Gasteiger partial charge in [0.1, 0.15) is 5.76 Å². The van der Waals surface area contributed by atoms with E-state index in [1.54, 1.807) is 0 Å². The maximum atomic E-state index is 12.2. The number of sulfonamides is 2. The molecule has 0 aromatic heterocycles. The van der Waals surface area contributed by atoms with Crippen LogP contribution in [-0.2, 0) is 24.8 Å². The number of rotatable bonds is 5. The molecule has 0 aliphatic carbocycles. The van der Waals surface area contributed by atoms with E-state index < -0.39 is 41.6 Å². The molecule has 0 heterocycles. The van der Waals surface area contributed by atoms with Gasteiger partial charge < -0.3 is 4.74 Å². The highest BCUT2D eigenvalue weighted by Crippen LogP contribution is 2.28. The van der Waals surface area contributed by atoms with Crippen molar-refractivity contribution in [3.05, 3.63) is 12.3 Å². The van der Waals surface area contributed by atoms with Gasteiger partial charge in [0, 0.05) is 0 Å². The molecule has 11 heteroatoms. The quantitative estimate of drug-likeness (QED) is 0.680. The maximum absolute atomic E-state index is 12.2. The summed E-state index contributed by atoms with van der Waals surface area (Å²) in [4.78, 5) is 0. The average molecular weight is 297 g/mol. The molecule has 0 aromatic rings. The second-order valence-electron chi connectivity index (χ2n) is 2.89. The molecule has 0 amide bonds. The third-order valence-electron chi connectivity index (χ3n) is 1.52. The minimum atomic E-state index is -6.00. The van der Waals surface area contributed by atoms with E-state index in [0.717, 1.165) is 7.11 Å². The number of nitrogens with zero attached hydrogens (tertiary/aromatic N) is 1. The zero-order valence-electron chi connectivity index (χ0n) is 8.85. The molecule has 0 saturated carbocycles. The van der Waals surface area contributed by atoms with E-state index in [-0.39, 0.29) is 0 Å². The van der Waals surface area contributed by atoms with Gasteiger partial charge in [-0.25, -0.2) is 16.8 Å². The molecule has 17 heavy (non-hydrogen) atoms. The third kappa shape index (κ3) is 3.85. The third-order valence-corrected chi connectivity index (χ3v) is 5.04. The van der Waals surface area contributed by atoms with E-state index >= 15 is 0 Å². The molecule has 0 bridgehead atoms. The molecule has 0 saturated heterocycles. The molecular formula is C6H10F3NO5S2. The fourth-order valence-electron chi connectivity index (χ4n) is 0.704. The molecule has 0 rings (SSSR count). The minimum Gasteiger partial charge on any atom is -0.500 e. The van der Waals surface area contributed by atoms with Crippen LogP contribution < -0.4 is 0 Å². The first kappa shape index (κ1) is 16.2. The molecule has 0 radical (unpaired) electrons. The molecular weight excluding hydrogens is 287 g/mol. The van der Waals surface area contributed by atoms with Crippen LogP contribution in [-0.4, -0.2) is 46.0 Å². The van der Waals surface area contributed by atoms with Gasteiger partial charge in [-0.2, -0.15) is 13.2 Å². The van der Waals surface area contributed by atoms with E-state index in [4.69, 9.17) is 0 Å². The van der Waals surface area contributed by atoms with Gasteiger partial charge in [0.05, 0.1) is 19.9 Å². The van der Waals surface area contributed by atoms with Crippen molar-refractivity contribution in [2.75, 3.05) is 19.9 Å². The minimum absolute atomic E-state index is 0.333. The molecule has 0 fully saturated rings. The van der Waals surface area contributed by atoms with Gasteiger partial charge in [0.2, 0.25) is 10.0 Å². The van der Waals surface area contributed by atoms with Gasteiger partial charge in [0.25, 0.3) is 0 Å². The Labute approximate surface area is 96.8 Å². The standard InChI is InChI=1S/C6H10F3NO5S2/c1-5(15-2)4-10(16(3,11)12)17(13,14)6(7,8)9/h1,4H2,2-3H3. The van der Waals surface area contributed by atoms with E-state index in [0.29, 0.717) is 6.26 Å². The Morgan fingerprint density at radius 1 is 1.29 bits per heavy atom. The van der Waals surface area contributed by atoms with Gasteiger partial charge in [-0.05, 0) is 0 Å². The fraction of sp³-hybridized carbons (Fsp3) is 0.667. The number of ether oxygens (including phenoxy) is 1. The highest BCUT2D eigenvalue weighted by atomic mass is 32.3. The van der Waals surface area contributed by atoms with Gasteiger partial charge in [-0.3, -0.25) is 0 Å². The van der Waals surface area contributed by atoms with Crippen molar-refractivity contribution in [2.24, 2.45) is 0 Å². The van der Waals surface area contributed by atoms with Crippen LogP contribution in [0.3, 0.4) is 0 Å². The van der Waals surface area contributed by atoms with E-state index in [9.17, 15) is 30.0 Å². The summed E-state index contributed by atoms with van der Waals surface area (Å²) in [6, 6.07) is 0. The summed E-state index contributed by atoms with van der Waals surface area (Å²) in [6.45, 7) is 1.93. The van der Waals surface area contributed by atoms with Crippen LogP contribution in [0.5, 0.6) is 0 Å². The smallest absolute Gasteiger partial charge is 0.500 e. The van der Waals surface area contributed by atoms with Crippen molar-refractivity contribution in [3.8, 4) is 0 Å². The normalized spacial score (nSPS) is 13.8. The number of alkyl halides is 3. The summed E-state index contributed by atoms with van der Waals surface area (Å²) in [7, 11) is -9.61. The van der Waals surface area contributed by atoms with Crippen LogP contribution in [0.25, 0.3) is 0 Å². The first-order valence-electron chi connectivity index (χ1n) is 3.85. The molecule has 0 N–H and O–H groups in total. The first-order chi connectivity index (χ1) is 7.34. The van der Waals surface area contributed by atoms with Crippen molar-refractivity contribution < 1.29 is 34.7 Å². The number of hydrogen-bond donors (Lipinski definition) is 0. The Bertz CT molecular complexity index is 492. The summed E-state index contributed by atoms with van der Waals surface area (Å²) in [6.07, 6.45) is 0.333. The van der Waals surface area contributed by atoms with Crippen LogP contribution in [0.15, 0.2) is 12.3 Å². The second kappa shape index (κ2) is 4.82. The van der Waals surface area contributed by atoms with Gasteiger partial charge in [-0.1, -0.05) is 10.3 Å². The van der Waals surface area contributed by atoms with E-state index in [1.807, 2.05) is 0 Å².